The molecule has 0 radical (unpaired) electrons. The summed E-state index contributed by atoms with van der Waals surface area (Å²) in [7, 11) is 0. The maximum Gasteiger partial charge on any atom is 0.310 e. The summed E-state index contributed by atoms with van der Waals surface area (Å²) in [4.78, 5) is 18.1. The lowest BCUT2D eigenvalue weighted by molar-refractivity contribution is -0.148. The number of hydrogen-bond donors (Lipinski definition) is 0. The van der Waals surface area contributed by atoms with Crippen molar-refractivity contribution in [1.29, 1.82) is 5.26 Å². The summed E-state index contributed by atoms with van der Waals surface area (Å²) in [6.07, 6.45) is 3.42. The van der Waals surface area contributed by atoms with Crippen molar-refractivity contribution >= 4 is 11.8 Å². The van der Waals surface area contributed by atoms with Gasteiger partial charge in [0.25, 0.3) is 0 Å². The monoisotopic (exact) mass is 259 g/mol. The van der Waals surface area contributed by atoms with Crippen LogP contribution in [-0.2, 0) is 9.53 Å². The first-order chi connectivity index (χ1) is 9.26. The highest BCUT2D eigenvalue weighted by Gasteiger charge is 2.28. The zero-order valence-corrected chi connectivity index (χ0v) is 11.0. The minimum Gasteiger partial charge on any atom is -0.466 e. The van der Waals surface area contributed by atoms with Gasteiger partial charge in [-0.05, 0) is 31.9 Å². The molecule has 100 valence electrons. The van der Waals surface area contributed by atoms with Crippen molar-refractivity contribution in [2.24, 2.45) is 5.92 Å². The van der Waals surface area contributed by atoms with Gasteiger partial charge in [-0.15, -0.1) is 0 Å². The molecular formula is C14H17N3O2. The van der Waals surface area contributed by atoms with Crippen LogP contribution >= 0.6 is 0 Å². The second-order valence-corrected chi connectivity index (χ2v) is 4.52. The first-order valence-electron chi connectivity index (χ1n) is 6.53. The van der Waals surface area contributed by atoms with Crippen LogP contribution < -0.4 is 4.90 Å². The van der Waals surface area contributed by atoms with Crippen LogP contribution in [0.5, 0.6) is 0 Å². The maximum absolute atomic E-state index is 11.8. The van der Waals surface area contributed by atoms with Crippen LogP contribution in [0.1, 0.15) is 25.3 Å². The fraction of sp³-hybridized carbons (Fsp3) is 0.500. The summed E-state index contributed by atoms with van der Waals surface area (Å²) < 4.78 is 5.07. The zero-order valence-electron chi connectivity index (χ0n) is 11.0. The lowest BCUT2D eigenvalue weighted by atomic mass is 9.98. The molecule has 1 fully saturated rings. The Labute approximate surface area is 112 Å². The fourth-order valence-corrected chi connectivity index (χ4v) is 2.36. The molecule has 1 aliphatic rings. The van der Waals surface area contributed by atoms with E-state index < -0.39 is 0 Å². The number of nitrogens with zero attached hydrogens (tertiary/aromatic N) is 3. The van der Waals surface area contributed by atoms with E-state index in [1.165, 1.54) is 0 Å². The van der Waals surface area contributed by atoms with Crippen LogP contribution in [0.2, 0.25) is 0 Å². The van der Waals surface area contributed by atoms with Crippen LogP contribution in [0.15, 0.2) is 18.3 Å². The first kappa shape index (κ1) is 13.3. The number of anilines is 1. The molecular weight excluding hydrogens is 242 g/mol. The van der Waals surface area contributed by atoms with Gasteiger partial charge in [-0.3, -0.25) is 4.79 Å². The van der Waals surface area contributed by atoms with Gasteiger partial charge in [0.15, 0.2) is 0 Å². The lowest BCUT2D eigenvalue weighted by Crippen LogP contribution is -2.40. The van der Waals surface area contributed by atoms with E-state index in [2.05, 4.69) is 11.1 Å². The Balaban J connectivity index is 2.13. The standard InChI is InChI=1S/C14H17N3O2/c1-2-19-14(18)12-6-4-8-17(10-12)13-11(9-15)5-3-7-16-13/h3,5,7,12H,2,4,6,8,10H2,1H3/t12-/m1/s1. The van der Waals surface area contributed by atoms with E-state index in [1.807, 2.05) is 11.8 Å². The number of hydrogen-bond acceptors (Lipinski definition) is 5. The van der Waals surface area contributed by atoms with Crippen LogP contribution in [0, 0.1) is 17.2 Å². The second-order valence-electron chi connectivity index (χ2n) is 4.52. The highest BCUT2D eigenvalue weighted by Crippen LogP contribution is 2.24. The SMILES string of the molecule is CCOC(=O)[C@@H]1CCCN(c2ncccc2C#N)C1. The van der Waals surface area contributed by atoms with E-state index in [0.717, 1.165) is 19.4 Å². The normalized spacial score (nSPS) is 18.7. The summed E-state index contributed by atoms with van der Waals surface area (Å²) in [6, 6.07) is 5.63. The molecule has 0 aliphatic carbocycles. The number of ether oxygens (including phenoxy) is 1. The smallest absolute Gasteiger partial charge is 0.310 e. The van der Waals surface area contributed by atoms with Gasteiger partial charge in [0.05, 0.1) is 18.1 Å². The van der Waals surface area contributed by atoms with E-state index in [4.69, 9.17) is 10.00 Å². The number of esters is 1. The van der Waals surface area contributed by atoms with Gasteiger partial charge in [-0.2, -0.15) is 5.26 Å². The summed E-state index contributed by atoms with van der Waals surface area (Å²) in [5, 5.41) is 9.10. The van der Waals surface area contributed by atoms with E-state index >= 15 is 0 Å². The highest BCUT2D eigenvalue weighted by molar-refractivity contribution is 5.73. The van der Waals surface area contributed by atoms with Crippen LogP contribution in [-0.4, -0.2) is 30.6 Å². The first-order valence-corrected chi connectivity index (χ1v) is 6.53. The molecule has 1 aromatic rings. The summed E-state index contributed by atoms with van der Waals surface area (Å²) in [5.41, 5.74) is 0.548. The van der Waals surface area contributed by atoms with Crippen molar-refractivity contribution in [2.75, 3.05) is 24.6 Å². The van der Waals surface area contributed by atoms with Crippen molar-refractivity contribution in [2.45, 2.75) is 19.8 Å². The van der Waals surface area contributed by atoms with E-state index in [0.29, 0.717) is 24.5 Å². The van der Waals surface area contributed by atoms with Gasteiger partial charge < -0.3 is 9.64 Å². The molecule has 0 spiro atoms. The van der Waals surface area contributed by atoms with Gasteiger partial charge >= 0.3 is 5.97 Å². The number of piperidine rings is 1. The molecule has 1 atom stereocenters. The summed E-state index contributed by atoms with van der Waals surface area (Å²) in [5.74, 6) is 0.392. The number of nitriles is 1. The van der Waals surface area contributed by atoms with Crippen molar-refractivity contribution in [3.63, 3.8) is 0 Å². The predicted molar refractivity (Wildman–Crippen MR) is 70.5 cm³/mol. The van der Waals surface area contributed by atoms with E-state index in [1.54, 1.807) is 18.3 Å². The number of carbonyl (C=O) groups is 1. The zero-order chi connectivity index (χ0) is 13.7. The van der Waals surface area contributed by atoms with Crippen LogP contribution in [0.3, 0.4) is 0 Å². The largest absolute Gasteiger partial charge is 0.466 e. The topological polar surface area (TPSA) is 66.2 Å². The molecule has 1 saturated heterocycles. The Kier molecular flexibility index (Phi) is 4.35. The van der Waals surface area contributed by atoms with Gasteiger partial charge in [0.1, 0.15) is 11.9 Å². The van der Waals surface area contributed by atoms with Crippen molar-refractivity contribution in [3.05, 3.63) is 23.9 Å². The highest BCUT2D eigenvalue weighted by atomic mass is 16.5. The van der Waals surface area contributed by atoms with E-state index in [9.17, 15) is 4.79 Å². The number of pyridine rings is 1. The molecule has 19 heavy (non-hydrogen) atoms. The Morgan fingerprint density at radius 1 is 1.68 bits per heavy atom. The van der Waals surface area contributed by atoms with Crippen LogP contribution in [0.25, 0.3) is 0 Å². The summed E-state index contributed by atoms with van der Waals surface area (Å²) >= 11 is 0. The van der Waals surface area contributed by atoms with Gasteiger partial charge in [0.2, 0.25) is 0 Å². The molecule has 5 heteroatoms. The van der Waals surface area contributed by atoms with Crippen molar-refractivity contribution in [3.8, 4) is 6.07 Å². The molecule has 0 bridgehead atoms. The molecule has 1 aromatic heterocycles. The Bertz CT molecular complexity index is 496. The second kappa shape index (κ2) is 6.19. The molecule has 0 N–H and O–H groups in total. The Morgan fingerprint density at radius 2 is 2.53 bits per heavy atom. The molecule has 0 aromatic carbocycles. The third kappa shape index (κ3) is 3.02. The average molecular weight is 259 g/mol. The third-order valence-corrected chi connectivity index (χ3v) is 3.25. The maximum atomic E-state index is 11.8. The quantitative estimate of drug-likeness (QED) is 0.773. The van der Waals surface area contributed by atoms with Crippen LogP contribution in [0.4, 0.5) is 5.82 Å². The number of rotatable bonds is 3. The molecule has 0 amide bonds. The summed E-state index contributed by atoms with van der Waals surface area (Å²) in [6.45, 7) is 3.61. The molecule has 1 aliphatic heterocycles. The Morgan fingerprint density at radius 3 is 3.26 bits per heavy atom. The molecule has 2 heterocycles. The lowest BCUT2D eigenvalue weighted by Gasteiger charge is -2.32. The number of carbonyl (C=O) groups excluding carboxylic acids is 1. The Hall–Kier alpha value is -2.09. The average Bonchev–Trinajstić information content (AvgIpc) is 2.47. The van der Waals surface area contributed by atoms with Crippen molar-refractivity contribution < 1.29 is 9.53 Å². The third-order valence-electron chi connectivity index (χ3n) is 3.25. The van der Waals surface area contributed by atoms with Gasteiger partial charge in [-0.25, -0.2) is 4.98 Å². The van der Waals surface area contributed by atoms with Gasteiger partial charge in [0, 0.05) is 19.3 Å². The number of aromatic nitrogens is 1. The minimum absolute atomic E-state index is 0.123. The molecule has 5 nitrogen and oxygen atoms in total. The van der Waals surface area contributed by atoms with E-state index in [-0.39, 0.29) is 11.9 Å². The minimum atomic E-state index is -0.151. The fourth-order valence-electron chi connectivity index (χ4n) is 2.36. The van der Waals surface area contributed by atoms with Gasteiger partial charge in [-0.1, -0.05) is 0 Å². The predicted octanol–water partition coefficient (Wildman–Crippen LogP) is 1.73. The molecule has 2 rings (SSSR count). The molecule has 0 unspecified atom stereocenters. The molecule has 0 saturated carbocycles. The van der Waals surface area contributed by atoms with Crippen molar-refractivity contribution in [1.82, 2.24) is 4.98 Å².